The summed E-state index contributed by atoms with van der Waals surface area (Å²) in [6.07, 6.45) is 1.36. The van der Waals surface area contributed by atoms with Crippen LogP contribution in [0.3, 0.4) is 0 Å². The molecule has 1 N–H and O–H groups in total. The monoisotopic (exact) mass is 443 g/mol. The molecule has 1 atom stereocenters. The molecular formula is C22H29N5O3S. The van der Waals surface area contributed by atoms with E-state index in [-0.39, 0.29) is 11.8 Å². The fourth-order valence-corrected chi connectivity index (χ4v) is 5.86. The van der Waals surface area contributed by atoms with Gasteiger partial charge in [-0.1, -0.05) is 6.07 Å². The van der Waals surface area contributed by atoms with Crippen LogP contribution >= 0.6 is 0 Å². The molecule has 4 rings (SSSR count). The van der Waals surface area contributed by atoms with Gasteiger partial charge in [0, 0.05) is 51.5 Å². The van der Waals surface area contributed by atoms with Crippen molar-refractivity contribution >= 4 is 21.7 Å². The van der Waals surface area contributed by atoms with Crippen molar-refractivity contribution in [3.63, 3.8) is 0 Å². The van der Waals surface area contributed by atoms with Crippen LogP contribution in [0.15, 0.2) is 23.1 Å². The number of carbonyl (C=O) groups is 1. The van der Waals surface area contributed by atoms with Gasteiger partial charge in [0.2, 0.25) is 15.9 Å². The predicted molar refractivity (Wildman–Crippen MR) is 118 cm³/mol. The van der Waals surface area contributed by atoms with Crippen molar-refractivity contribution in [2.75, 3.05) is 32.0 Å². The lowest BCUT2D eigenvalue weighted by Crippen LogP contribution is -2.35. The van der Waals surface area contributed by atoms with Crippen molar-refractivity contribution in [2.45, 2.75) is 51.0 Å². The SMILES string of the molecule is CNc1nc([C@@H]2CCN(S(=O)(=O)c3ccc(C)c(C)c3)C2)nc2c1CN(C(C)=O)CC2. The number of hydrogen-bond donors (Lipinski definition) is 1. The van der Waals surface area contributed by atoms with Gasteiger partial charge in [0.05, 0.1) is 17.1 Å². The van der Waals surface area contributed by atoms with Crippen molar-refractivity contribution in [1.29, 1.82) is 0 Å². The molecule has 0 unspecified atom stereocenters. The first kappa shape index (κ1) is 21.7. The van der Waals surface area contributed by atoms with E-state index in [1.54, 1.807) is 28.3 Å². The summed E-state index contributed by atoms with van der Waals surface area (Å²) < 4.78 is 27.9. The summed E-state index contributed by atoms with van der Waals surface area (Å²) >= 11 is 0. The highest BCUT2D eigenvalue weighted by Crippen LogP contribution is 2.32. The summed E-state index contributed by atoms with van der Waals surface area (Å²) in [5, 5.41) is 3.14. The van der Waals surface area contributed by atoms with Crippen LogP contribution in [-0.4, -0.2) is 60.2 Å². The summed E-state index contributed by atoms with van der Waals surface area (Å²) in [5.41, 5.74) is 3.93. The first-order valence-corrected chi connectivity index (χ1v) is 12.0. The summed E-state index contributed by atoms with van der Waals surface area (Å²) in [7, 11) is -1.74. The molecule has 0 radical (unpaired) electrons. The van der Waals surface area contributed by atoms with Crippen LogP contribution in [0, 0.1) is 13.8 Å². The topological polar surface area (TPSA) is 95.5 Å². The van der Waals surface area contributed by atoms with Gasteiger partial charge in [-0.15, -0.1) is 0 Å². The number of aromatic nitrogens is 2. The number of rotatable bonds is 4. The minimum Gasteiger partial charge on any atom is -0.373 e. The second-order valence-corrected chi connectivity index (χ2v) is 10.3. The highest BCUT2D eigenvalue weighted by Gasteiger charge is 2.35. The zero-order valence-electron chi connectivity index (χ0n) is 18.5. The molecular weight excluding hydrogens is 414 g/mol. The maximum atomic E-state index is 13.2. The average Bonchev–Trinajstić information content (AvgIpc) is 3.25. The molecule has 0 bridgehead atoms. The number of anilines is 1. The number of benzene rings is 1. The van der Waals surface area contributed by atoms with E-state index in [4.69, 9.17) is 9.97 Å². The van der Waals surface area contributed by atoms with E-state index in [0.717, 1.165) is 28.2 Å². The minimum atomic E-state index is -3.55. The van der Waals surface area contributed by atoms with Crippen LogP contribution in [0.4, 0.5) is 5.82 Å². The minimum absolute atomic E-state index is 0.0414. The highest BCUT2D eigenvalue weighted by atomic mass is 32.2. The number of carbonyl (C=O) groups excluding carboxylic acids is 1. The summed E-state index contributed by atoms with van der Waals surface area (Å²) in [4.78, 5) is 23.4. The van der Waals surface area contributed by atoms with E-state index in [1.807, 2.05) is 27.0 Å². The van der Waals surface area contributed by atoms with Crippen molar-refractivity contribution in [3.8, 4) is 0 Å². The first-order valence-electron chi connectivity index (χ1n) is 10.6. The van der Waals surface area contributed by atoms with E-state index in [1.165, 1.54) is 0 Å². The van der Waals surface area contributed by atoms with Crippen LogP contribution in [0.25, 0.3) is 0 Å². The number of hydrogen-bond acceptors (Lipinski definition) is 6. The van der Waals surface area contributed by atoms with Gasteiger partial charge in [-0.3, -0.25) is 4.79 Å². The molecule has 0 saturated carbocycles. The average molecular weight is 444 g/mol. The molecule has 8 nitrogen and oxygen atoms in total. The maximum absolute atomic E-state index is 13.2. The van der Waals surface area contributed by atoms with Gasteiger partial charge in [-0.05, 0) is 43.5 Å². The van der Waals surface area contributed by atoms with Gasteiger partial charge >= 0.3 is 0 Å². The number of nitrogens with one attached hydrogen (secondary N) is 1. The van der Waals surface area contributed by atoms with Crippen LogP contribution in [0.2, 0.25) is 0 Å². The molecule has 31 heavy (non-hydrogen) atoms. The quantitative estimate of drug-likeness (QED) is 0.779. The van der Waals surface area contributed by atoms with Gasteiger partial charge in [0.1, 0.15) is 11.6 Å². The Morgan fingerprint density at radius 2 is 1.94 bits per heavy atom. The third kappa shape index (κ3) is 4.04. The fraction of sp³-hybridized carbons (Fsp3) is 0.500. The zero-order valence-corrected chi connectivity index (χ0v) is 19.3. The standard InChI is InChI=1S/C22H29N5O3S/c1-14-5-6-18(11-15(14)2)31(29,30)27-10-7-17(12-27)21-24-20-8-9-26(16(3)28)13-19(20)22(23-4)25-21/h5-6,11,17H,7-10,12-13H2,1-4H3,(H,23,24,25)/t17-/m1/s1. The Labute approximate surface area is 183 Å². The fourth-order valence-electron chi connectivity index (χ4n) is 4.27. The van der Waals surface area contributed by atoms with Crippen LogP contribution in [-0.2, 0) is 27.8 Å². The summed E-state index contributed by atoms with van der Waals surface area (Å²) in [6.45, 7) is 7.43. The summed E-state index contributed by atoms with van der Waals surface area (Å²) in [5.74, 6) is 1.39. The molecule has 1 fully saturated rings. The third-order valence-corrected chi connectivity index (χ3v) is 8.25. The first-order chi connectivity index (χ1) is 14.7. The molecule has 1 saturated heterocycles. The Balaban J connectivity index is 1.58. The maximum Gasteiger partial charge on any atom is 0.243 e. The molecule has 3 heterocycles. The molecule has 166 valence electrons. The lowest BCUT2D eigenvalue weighted by Gasteiger charge is -2.29. The van der Waals surface area contributed by atoms with Gasteiger partial charge in [-0.2, -0.15) is 4.31 Å². The van der Waals surface area contributed by atoms with Crippen molar-refractivity contribution in [2.24, 2.45) is 0 Å². The number of sulfonamides is 1. The van der Waals surface area contributed by atoms with E-state index >= 15 is 0 Å². The highest BCUT2D eigenvalue weighted by molar-refractivity contribution is 7.89. The Bertz CT molecular complexity index is 1110. The normalized spacial score (nSPS) is 19.4. The van der Waals surface area contributed by atoms with E-state index in [0.29, 0.717) is 49.7 Å². The van der Waals surface area contributed by atoms with Crippen molar-refractivity contribution < 1.29 is 13.2 Å². The van der Waals surface area contributed by atoms with Crippen molar-refractivity contribution in [1.82, 2.24) is 19.2 Å². The zero-order chi connectivity index (χ0) is 22.3. The van der Waals surface area contributed by atoms with Crippen molar-refractivity contribution in [3.05, 3.63) is 46.4 Å². The molecule has 1 amide bonds. The largest absolute Gasteiger partial charge is 0.373 e. The molecule has 0 aliphatic carbocycles. The number of nitrogens with zero attached hydrogens (tertiary/aromatic N) is 4. The van der Waals surface area contributed by atoms with Crippen LogP contribution < -0.4 is 5.32 Å². The lowest BCUT2D eigenvalue weighted by molar-refractivity contribution is -0.129. The predicted octanol–water partition coefficient (Wildman–Crippen LogP) is 2.22. The van der Waals surface area contributed by atoms with Gasteiger partial charge in [0.15, 0.2) is 0 Å². The van der Waals surface area contributed by atoms with Crippen LogP contribution in [0.5, 0.6) is 0 Å². The molecule has 1 aromatic carbocycles. The number of amides is 1. The smallest absolute Gasteiger partial charge is 0.243 e. The van der Waals surface area contributed by atoms with E-state index in [9.17, 15) is 13.2 Å². The number of fused-ring (bicyclic) bond motifs is 1. The molecule has 2 aliphatic rings. The summed E-state index contributed by atoms with van der Waals surface area (Å²) in [6, 6.07) is 5.28. The van der Waals surface area contributed by atoms with Crippen LogP contribution in [0.1, 0.15) is 47.5 Å². The Morgan fingerprint density at radius 1 is 1.16 bits per heavy atom. The van der Waals surface area contributed by atoms with E-state index < -0.39 is 10.0 Å². The second-order valence-electron chi connectivity index (χ2n) is 8.39. The van der Waals surface area contributed by atoms with Gasteiger partial charge in [0.25, 0.3) is 0 Å². The molecule has 0 spiro atoms. The molecule has 9 heteroatoms. The Morgan fingerprint density at radius 3 is 2.61 bits per heavy atom. The lowest BCUT2D eigenvalue weighted by atomic mass is 10.0. The van der Waals surface area contributed by atoms with E-state index in [2.05, 4.69) is 5.32 Å². The second kappa shape index (κ2) is 8.20. The number of aryl methyl sites for hydroxylation is 2. The van der Waals surface area contributed by atoms with Gasteiger partial charge in [-0.25, -0.2) is 18.4 Å². The Kier molecular flexibility index (Phi) is 5.74. The molecule has 1 aromatic heterocycles. The third-order valence-electron chi connectivity index (χ3n) is 6.39. The molecule has 2 aliphatic heterocycles. The van der Waals surface area contributed by atoms with Gasteiger partial charge < -0.3 is 10.2 Å². The molecule has 2 aromatic rings. The Hall–Kier alpha value is -2.52.